The lowest BCUT2D eigenvalue weighted by Gasteiger charge is -2.34. The van der Waals surface area contributed by atoms with Crippen molar-refractivity contribution in [3.05, 3.63) is 35.9 Å². The summed E-state index contributed by atoms with van der Waals surface area (Å²) in [5, 5.41) is 7.44. The highest BCUT2D eigenvalue weighted by Gasteiger charge is 2.29. The molecule has 1 aliphatic heterocycles. The molecule has 164 valence electrons. The number of nitrogens with one attached hydrogen (secondary N) is 1. The molecular formula is C23H34N4O3. The zero-order chi connectivity index (χ0) is 21.5. The van der Waals surface area contributed by atoms with Crippen LogP contribution in [-0.4, -0.2) is 55.0 Å². The maximum absolute atomic E-state index is 12.9. The van der Waals surface area contributed by atoms with Crippen LogP contribution in [0.3, 0.4) is 0 Å². The lowest BCUT2D eigenvalue weighted by molar-refractivity contribution is 0.145. The minimum Gasteiger partial charge on any atom is -0.383 e. The molecule has 1 aromatic carbocycles. The second kappa shape index (κ2) is 10.5. The third-order valence-corrected chi connectivity index (χ3v) is 5.49. The molecule has 1 aliphatic rings. The lowest BCUT2D eigenvalue weighted by atomic mass is 10.0. The lowest BCUT2D eigenvalue weighted by Crippen LogP contribution is -2.44. The second-order valence-electron chi connectivity index (χ2n) is 8.24. The number of anilines is 1. The first-order valence-electron chi connectivity index (χ1n) is 10.9. The number of urea groups is 1. The number of hydrogen-bond donors (Lipinski definition) is 1. The van der Waals surface area contributed by atoms with Crippen molar-refractivity contribution in [1.82, 2.24) is 15.4 Å². The van der Waals surface area contributed by atoms with Crippen LogP contribution in [-0.2, 0) is 11.3 Å². The normalized spacial score (nSPS) is 16.7. The molecule has 0 aliphatic carbocycles. The molecule has 1 fully saturated rings. The van der Waals surface area contributed by atoms with Crippen molar-refractivity contribution in [2.45, 2.75) is 58.7 Å². The van der Waals surface area contributed by atoms with E-state index < -0.39 is 0 Å². The summed E-state index contributed by atoms with van der Waals surface area (Å²) < 4.78 is 11.2. The van der Waals surface area contributed by atoms with Gasteiger partial charge in [-0.3, -0.25) is 0 Å². The number of carbonyl (C=O) groups excluding carboxylic acids is 1. The van der Waals surface area contributed by atoms with Crippen LogP contribution in [0.1, 0.15) is 45.6 Å². The average Bonchev–Trinajstić information content (AvgIpc) is 3.14. The van der Waals surface area contributed by atoms with Crippen LogP contribution in [0.15, 0.2) is 34.9 Å². The Bertz CT molecular complexity index is 806. The largest absolute Gasteiger partial charge is 0.383 e. The summed E-state index contributed by atoms with van der Waals surface area (Å²) in [6.07, 6.45) is 3.48. The molecule has 7 nitrogen and oxygen atoms in total. The molecule has 2 heterocycles. The molecule has 1 unspecified atom stereocenters. The smallest absolute Gasteiger partial charge is 0.317 e. The van der Waals surface area contributed by atoms with E-state index in [9.17, 15) is 4.79 Å². The van der Waals surface area contributed by atoms with Crippen LogP contribution < -0.4 is 10.2 Å². The standard InChI is InChI=1S/C23H34N4O3/c1-17(2)24-23(28)26(14-15-29-4)16-20-21(19-11-6-5-7-12-19)25-30-22(20)27-13-9-8-10-18(27)3/h5-7,11-12,17-18H,8-10,13-16H2,1-4H3,(H,24,28). The summed E-state index contributed by atoms with van der Waals surface area (Å²) >= 11 is 0. The van der Waals surface area contributed by atoms with Crippen LogP contribution in [0.4, 0.5) is 10.7 Å². The van der Waals surface area contributed by atoms with E-state index in [1.54, 1.807) is 12.0 Å². The van der Waals surface area contributed by atoms with Gasteiger partial charge < -0.3 is 24.4 Å². The predicted molar refractivity (Wildman–Crippen MR) is 119 cm³/mol. The zero-order valence-corrected chi connectivity index (χ0v) is 18.6. The third-order valence-electron chi connectivity index (χ3n) is 5.49. The van der Waals surface area contributed by atoms with Crippen molar-refractivity contribution in [3.8, 4) is 11.3 Å². The van der Waals surface area contributed by atoms with Gasteiger partial charge in [0.1, 0.15) is 5.69 Å². The van der Waals surface area contributed by atoms with Crippen molar-refractivity contribution in [3.63, 3.8) is 0 Å². The van der Waals surface area contributed by atoms with Gasteiger partial charge in [-0.05, 0) is 40.0 Å². The number of rotatable bonds is 8. The van der Waals surface area contributed by atoms with E-state index in [2.05, 4.69) is 22.3 Å². The summed E-state index contributed by atoms with van der Waals surface area (Å²) in [6, 6.07) is 10.3. The Labute approximate surface area is 179 Å². The molecule has 0 radical (unpaired) electrons. The SMILES string of the molecule is COCCN(Cc1c(-c2ccccc2)noc1N1CCCCC1C)C(=O)NC(C)C. The first-order chi connectivity index (χ1) is 14.5. The van der Waals surface area contributed by atoms with Gasteiger partial charge in [0.05, 0.1) is 18.7 Å². The number of methoxy groups -OCH3 is 1. The quantitative estimate of drug-likeness (QED) is 0.698. The molecule has 1 atom stereocenters. The van der Waals surface area contributed by atoms with Crippen LogP contribution in [0.25, 0.3) is 11.3 Å². The maximum atomic E-state index is 12.9. The number of nitrogens with zero attached hydrogens (tertiary/aromatic N) is 3. The monoisotopic (exact) mass is 414 g/mol. The number of aromatic nitrogens is 1. The number of piperidine rings is 1. The van der Waals surface area contributed by atoms with Gasteiger partial charge in [-0.1, -0.05) is 35.5 Å². The number of benzene rings is 1. The number of amides is 2. The molecule has 2 amide bonds. The molecule has 7 heteroatoms. The van der Waals surface area contributed by atoms with Crippen LogP contribution in [0, 0.1) is 0 Å². The fourth-order valence-corrected chi connectivity index (χ4v) is 3.87. The number of carbonyl (C=O) groups is 1. The van der Waals surface area contributed by atoms with Crippen molar-refractivity contribution in [2.75, 3.05) is 31.7 Å². The van der Waals surface area contributed by atoms with Crippen LogP contribution in [0.2, 0.25) is 0 Å². The maximum Gasteiger partial charge on any atom is 0.317 e. The Balaban J connectivity index is 1.98. The highest BCUT2D eigenvalue weighted by Crippen LogP contribution is 2.35. The summed E-state index contributed by atoms with van der Waals surface area (Å²) in [7, 11) is 1.65. The van der Waals surface area contributed by atoms with Crippen molar-refractivity contribution in [2.24, 2.45) is 0 Å². The number of hydrogen-bond acceptors (Lipinski definition) is 5. The van der Waals surface area contributed by atoms with Gasteiger partial charge in [0, 0.05) is 37.8 Å². The Kier molecular flexibility index (Phi) is 7.74. The van der Waals surface area contributed by atoms with E-state index in [-0.39, 0.29) is 12.1 Å². The molecule has 2 aromatic rings. The Morgan fingerprint density at radius 1 is 1.33 bits per heavy atom. The zero-order valence-electron chi connectivity index (χ0n) is 18.6. The van der Waals surface area contributed by atoms with E-state index in [1.807, 2.05) is 44.2 Å². The highest BCUT2D eigenvalue weighted by atomic mass is 16.5. The van der Waals surface area contributed by atoms with Crippen LogP contribution in [0.5, 0.6) is 0 Å². The first kappa shape index (κ1) is 22.2. The number of ether oxygens (including phenoxy) is 1. The predicted octanol–water partition coefficient (Wildman–Crippen LogP) is 4.29. The van der Waals surface area contributed by atoms with Gasteiger partial charge in [0.15, 0.2) is 0 Å². The van der Waals surface area contributed by atoms with E-state index >= 15 is 0 Å². The summed E-state index contributed by atoms with van der Waals surface area (Å²) in [5.74, 6) is 0.779. The van der Waals surface area contributed by atoms with Gasteiger partial charge in [0.25, 0.3) is 0 Å². The molecule has 30 heavy (non-hydrogen) atoms. The Morgan fingerprint density at radius 3 is 2.77 bits per heavy atom. The van der Waals surface area contributed by atoms with Crippen molar-refractivity contribution in [1.29, 1.82) is 0 Å². The van der Waals surface area contributed by atoms with Gasteiger partial charge in [-0.2, -0.15) is 0 Å². The van der Waals surface area contributed by atoms with Gasteiger partial charge >= 0.3 is 6.03 Å². The molecule has 3 rings (SSSR count). The Morgan fingerprint density at radius 2 is 2.10 bits per heavy atom. The Hall–Kier alpha value is -2.54. The van der Waals surface area contributed by atoms with Gasteiger partial charge in [-0.15, -0.1) is 0 Å². The third kappa shape index (κ3) is 5.33. The molecule has 0 saturated carbocycles. The summed E-state index contributed by atoms with van der Waals surface area (Å²) in [5.41, 5.74) is 2.73. The van der Waals surface area contributed by atoms with E-state index in [1.165, 1.54) is 6.42 Å². The van der Waals surface area contributed by atoms with Crippen molar-refractivity contribution < 1.29 is 14.1 Å². The first-order valence-corrected chi connectivity index (χ1v) is 10.9. The highest BCUT2D eigenvalue weighted by molar-refractivity contribution is 5.76. The van der Waals surface area contributed by atoms with Crippen LogP contribution >= 0.6 is 0 Å². The van der Waals surface area contributed by atoms with E-state index in [0.29, 0.717) is 25.7 Å². The second-order valence-corrected chi connectivity index (χ2v) is 8.24. The van der Waals surface area contributed by atoms with Gasteiger partial charge in [-0.25, -0.2) is 4.79 Å². The topological polar surface area (TPSA) is 70.8 Å². The minimum atomic E-state index is -0.111. The average molecular weight is 415 g/mol. The molecule has 0 bridgehead atoms. The summed E-state index contributed by atoms with van der Waals surface area (Å²) in [6.45, 7) is 8.45. The van der Waals surface area contributed by atoms with E-state index in [0.717, 1.165) is 42.1 Å². The summed E-state index contributed by atoms with van der Waals surface area (Å²) in [4.78, 5) is 17.0. The molecule has 0 spiro atoms. The molecule has 1 saturated heterocycles. The molecule has 1 N–H and O–H groups in total. The molecule has 1 aromatic heterocycles. The van der Waals surface area contributed by atoms with Gasteiger partial charge in [0.2, 0.25) is 5.88 Å². The fraction of sp³-hybridized carbons (Fsp3) is 0.565. The molecular weight excluding hydrogens is 380 g/mol. The van der Waals surface area contributed by atoms with Crippen molar-refractivity contribution >= 4 is 11.9 Å². The minimum absolute atomic E-state index is 0.0557. The fourth-order valence-electron chi connectivity index (χ4n) is 3.87. The van der Waals surface area contributed by atoms with E-state index in [4.69, 9.17) is 9.26 Å².